The van der Waals surface area contributed by atoms with E-state index < -0.39 is 0 Å². The minimum atomic E-state index is 0. The van der Waals surface area contributed by atoms with Crippen molar-refractivity contribution in [3.8, 4) is 22.3 Å². The largest absolute Gasteiger partial charge is 4.00 e. The molecule has 0 N–H and O–H groups in total. The quantitative estimate of drug-likeness (QED) is 0.0884. The first-order valence-electron chi connectivity index (χ1n) is 31.6. The molecule has 488 valence electrons. The summed E-state index contributed by atoms with van der Waals surface area (Å²) < 4.78 is 0. The number of benzene rings is 10. The zero-order valence-electron chi connectivity index (χ0n) is 57.9. The van der Waals surface area contributed by atoms with Crippen LogP contribution in [0.5, 0.6) is 0 Å². The Morgan fingerprint density at radius 3 is 0.937 bits per heavy atom. The number of hydrogen-bond acceptors (Lipinski definition) is 0. The molecule has 0 aromatic heterocycles. The maximum atomic E-state index is 2.39. The second-order valence-electron chi connectivity index (χ2n) is 26.1. The van der Waals surface area contributed by atoms with E-state index in [9.17, 15) is 0 Å². The van der Waals surface area contributed by atoms with E-state index in [0.29, 0.717) is 23.7 Å². The summed E-state index contributed by atoms with van der Waals surface area (Å²) in [5, 5.41) is 21.5. The van der Waals surface area contributed by atoms with Gasteiger partial charge in [-0.1, -0.05) is 259 Å². The number of hydrogen-bond donors (Lipinski definition) is 0. The second-order valence-corrected chi connectivity index (χ2v) is 44.8. The molecule has 14 aromatic carbocycles. The van der Waals surface area contributed by atoms with Gasteiger partial charge in [0.15, 0.2) is 0 Å². The summed E-state index contributed by atoms with van der Waals surface area (Å²) in [6.45, 7) is 36.1. The molecular formula is C84H90Cl6Si2Zr3. The minimum absolute atomic E-state index is 0. The van der Waals surface area contributed by atoms with Crippen LogP contribution < -0.4 is 49.6 Å². The van der Waals surface area contributed by atoms with Gasteiger partial charge in [-0.05, 0) is 80.6 Å². The standard InChI is InChI=1S/2C24H17.2C16H21.2C2H6Si.6ClH.3Zr/c2*1-16-12-20-11-10-17-6-4-5-9-22(17)24(20)23(13-16)21-14-18-7-2-3-8-19(18)15-21;2*1-10(2)13-8-14-6-12(5)7-16(14)15(9-13)11(3)4;2*1-3-2;;;;;;;;;/h2*2-15H,1H3;2*6-11H,1-5H3;2*1-2H3;6*1H;;;/q4*-1;;;;;;;;;2*+2;+4/p-4. The Morgan fingerprint density at radius 1 is 0.316 bits per heavy atom. The van der Waals surface area contributed by atoms with Crippen LogP contribution in [-0.4, -0.2) is 10.9 Å². The van der Waals surface area contributed by atoms with Crippen LogP contribution >= 0.6 is 24.8 Å². The summed E-state index contributed by atoms with van der Waals surface area (Å²) in [5.74, 6) is 2.42. The Morgan fingerprint density at radius 2 is 0.621 bits per heavy atom. The molecule has 14 aromatic rings. The average molecular weight is 1640 g/mol. The number of fused-ring (bicyclic) bond motifs is 10. The molecule has 0 aliphatic carbocycles. The molecule has 0 atom stereocenters. The van der Waals surface area contributed by atoms with Gasteiger partial charge in [0.2, 0.25) is 0 Å². The Hall–Kier alpha value is -3.50. The van der Waals surface area contributed by atoms with E-state index >= 15 is 0 Å². The van der Waals surface area contributed by atoms with E-state index in [1.54, 1.807) is 46.7 Å². The summed E-state index contributed by atoms with van der Waals surface area (Å²) in [4.78, 5) is 0. The normalized spacial score (nSPS) is 10.4. The van der Waals surface area contributed by atoms with Crippen LogP contribution in [0.1, 0.15) is 124 Å². The van der Waals surface area contributed by atoms with Crippen molar-refractivity contribution in [1.29, 1.82) is 0 Å². The van der Waals surface area contributed by atoms with Crippen LogP contribution in [0, 0.1) is 27.7 Å². The fourth-order valence-corrected chi connectivity index (χ4v) is 12.3. The third-order valence-electron chi connectivity index (χ3n) is 16.4. The molecule has 0 nitrogen and oxygen atoms in total. The molecule has 0 spiro atoms. The summed E-state index contributed by atoms with van der Waals surface area (Å²) in [6.07, 6.45) is 0. The van der Waals surface area contributed by atoms with Crippen molar-refractivity contribution in [3.05, 3.63) is 263 Å². The number of rotatable bonds is 6. The topological polar surface area (TPSA) is 0 Å². The van der Waals surface area contributed by atoms with Crippen molar-refractivity contribution in [2.75, 3.05) is 0 Å². The van der Waals surface area contributed by atoms with Gasteiger partial charge in [0.05, 0.1) is 0 Å². The molecule has 0 bridgehead atoms. The van der Waals surface area contributed by atoms with Crippen molar-refractivity contribution in [1.82, 2.24) is 0 Å². The maximum absolute atomic E-state index is 2.39. The maximum Gasteiger partial charge on any atom is 4.00 e. The Bertz CT molecular complexity index is 4430. The average Bonchev–Trinajstić information content (AvgIpc) is 1.25. The molecule has 0 fully saturated rings. The zero-order chi connectivity index (χ0) is 63.1. The summed E-state index contributed by atoms with van der Waals surface area (Å²) in [7, 11) is 0. The van der Waals surface area contributed by atoms with E-state index in [-0.39, 0.29) is 112 Å². The van der Waals surface area contributed by atoms with Crippen LogP contribution in [0.4, 0.5) is 0 Å². The second kappa shape index (κ2) is 40.1. The predicted molar refractivity (Wildman–Crippen MR) is 404 cm³/mol. The first-order chi connectivity index (χ1) is 42.0. The molecule has 14 rings (SSSR count). The third-order valence-corrected chi connectivity index (χ3v) is 16.4. The van der Waals surface area contributed by atoms with Crippen LogP contribution in [0.3, 0.4) is 0 Å². The van der Waals surface area contributed by atoms with Crippen molar-refractivity contribution in [3.63, 3.8) is 0 Å². The molecule has 0 unspecified atom stereocenters. The predicted octanol–water partition coefficient (Wildman–Crippen LogP) is 14.3. The molecule has 0 aliphatic heterocycles. The van der Waals surface area contributed by atoms with Gasteiger partial charge in [0, 0.05) is 0 Å². The Kier molecular flexibility index (Phi) is 36.9. The van der Waals surface area contributed by atoms with E-state index in [1.807, 2.05) is 0 Å². The summed E-state index contributed by atoms with van der Waals surface area (Å²) >= 11 is 3.48. The molecule has 0 radical (unpaired) electrons. The number of aryl methyl sites for hydroxylation is 4. The van der Waals surface area contributed by atoms with Crippen molar-refractivity contribution < 1.29 is 123 Å². The van der Waals surface area contributed by atoms with Crippen LogP contribution in [0.2, 0.25) is 26.2 Å². The van der Waals surface area contributed by atoms with Crippen molar-refractivity contribution in [2.45, 2.75) is 133 Å². The van der Waals surface area contributed by atoms with Gasteiger partial charge in [0.1, 0.15) is 0 Å². The van der Waals surface area contributed by atoms with Crippen LogP contribution in [0.15, 0.2) is 218 Å². The third kappa shape index (κ3) is 22.2. The van der Waals surface area contributed by atoms with Crippen LogP contribution in [-0.2, 0) is 72.9 Å². The van der Waals surface area contributed by atoms with Crippen molar-refractivity contribution >= 4 is 122 Å². The monoisotopic (exact) mass is 1630 g/mol. The molecule has 0 aliphatic rings. The molecule has 95 heavy (non-hydrogen) atoms. The van der Waals surface area contributed by atoms with Gasteiger partial charge >= 0.3 is 110 Å². The van der Waals surface area contributed by atoms with Gasteiger partial charge in [-0.25, -0.2) is 0 Å². The molecule has 0 saturated heterocycles. The minimum Gasteiger partial charge on any atom is -1.00 e. The number of halogens is 6. The summed E-state index contributed by atoms with van der Waals surface area (Å²) in [5.41, 5.74) is 17.0. The van der Waals surface area contributed by atoms with Gasteiger partial charge in [-0.15, -0.1) is 151 Å². The van der Waals surface area contributed by atoms with Gasteiger partial charge in [0.25, 0.3) is 0 Å². The van der Waals surface area contributed by atoms with E-state index in [4.69, 9.17) is 0 Å². The Balaban J connectivity index is 0.000000411. The zero-order valence-corrected chi connectivity index (χ0v) is 72.0. The fraction of sp³-hybridized carbons (Fsp3) is 0.238. The smallest absolute Gasteiger partial charge is 1.00 e. The van der Waals surface area contributed by atoms with E-state index in [0.717, 1.165) is 0 Å². The Labute approximate surface area is 654 Å². The van der Waals surface area contributed by atoms with Crippen molar-refractivity contribution in [2.24, 2.45) is 0 Å². The van der Waals surface area contributed by atoms with Gasteiger partial charge < -0.3 is 49.6 Å². The molecule has 11 heteroatoms. The molecule has 0 amide bonds. The molecular weight excluding hydrogens is 1550 g/mol. The molecule has 0 heterocycles. The summed E-state index contributed by atoms with van der Waals surface area (Å²) in [6, 6.07) is 80.6. The first-order valence-corrected chi connectivity index (χ1v) is 44.0. The fourth-order valence-electron chi connectivity index (χ4n) is 12.3. The van der Waals surface area contributed by atoms with E-state index in [2.05, 4.69) is 328 Å². The SMILES string of the molecule is C[Si](C)=[Zr+2].C[Si](C)=[Zr+2].Cc1cc(-c2cc3ccccc3[cH-]2)c2c(ccc3ccccc32)c1.Cc1cc(-c2cc3ccccc3[cH-]2)c2c(ccc3ccccc32)c1.Cc1cc2c(C(C)C)cc(C(C)C)cc2[cH-]1.Cc1cc2c(C(C)C)cc(C(C)C)cc2[cH-]1.Cl.Cl.[Cl-].[Cl-].[Cl-].[Cl-].[Zr+4]. The van der Waals surface area contributed by atoms with E-state index in [1.165, 1.54) is 153 Å². The van der Waals surface area contributed by atoms with Gasteiger partial charge in [-0.2, -0.15) is 12.1 Å². The van der Waals surface area contributed by atoms with Crippen LogP contribution in [0.25, 0.3) is 108 Å². The molecule has 0 saturated carbocycles. The van der Waals surface area contributed by atoms with Gasteiger partial charge in [-0.3, -0.25) is 0 Å². The first kappa shape index (κ1) is 87.6.